The average molecular weight is 313 g/mol. The van der Waals surface area contributed by atoms with Gasteiger partial charge in [-0.15, -0.1) is 11.3 Å². The molecule has 112 valence electrons. The fourth-order valence-corrected chi connectivity index (χ4v) is 3.07. The van der Waals surface area contributed by atoms with E-state index in [1.807, 2.05) is 48.7 Å². The molecule has 0 fully saturated rings. The number of fused-ring (bicyclic) bond motifs is 1. The summed E-state index contributed by atoms with van der Waals surface area (Å²) in [6, 6.07) is 11.4. The van der Waals surface area contributed by atoms with E-state index < -0.39 is 0 Å². The summed E-state index contributed by atoms with van der Waals surface area (Å²) in [6.45, 7) is 1.83. The number of thiophene rings is 1. The SMILES string of the molecule is C[C@H](NC(=O)Cn1ncc2ccsc2c1=O)c1ccccc1. The quantitative estimate of drug-likeness (QED) is 0.804. The van der Waals surface area contributed by atoms with Gasteiger partial charge < -0.3 is 5.32 Å². The molecule has 1 aromatic carbocycles. The lowest BCUT2D eigenvalue weighted by molar-refractivity contribution is -0.122. The van der Waals surface area contributed by atoms with Gasteiger partial charge in [-0.25, -0.2) is 4.68 Å². The van der Waals surface area contributed by atoms with Crippen LogP contribution in [0.2, 0.25) is 0 Å². The molecule has 0 aliphatic rings. The van der Waals surface area contributed by atoms with E-state index in [0.29, 0.717) is 4.70 Å². The molecule has 3 aromatic rings. The van der Waals surface area contributed by atoms with E-state index in [2.05, 4.69) is 10.4 Å². The summed E-state index contributed by atoms with van der Waals surface area (Å²) in [5.74, 6) is -0.234. The van der Waals surface area contributed by atoms with Crippen LogP contribution in [0.3, 0.4) is 0 Å². The van der Waals surface area contributed by atoms with Crippen molar-refractivity contribution in [3.63, 3.8) is 0 Å². The highest BCUT2D eigenvalue weighted by Gasteiger charge is 2.12. The van der Waals surface area contributed by atoms with Gasteiger partial charge in [0.25, 0.3) is 5.56 Å². The van der Waals surface area contributed by atoms with Crippen molar-refractivity contribution in [1.29, 1.82) is 0 Å². The molecule has 2 aromatic heterocycles. The lowest BCUT2D eigenvalue weighted by Crippen LogP contribution is -2.34. The largest absolute Gasteiger partial charge is 0.348 e. The predicted octanol–water partition coefficient (Wildman–Crippen LogP) is 2.34. The lowest BCUT2D eigenvalue weighted by atomic mass is 10.1. The number of nitrogens with zero attached hydrogens (tertiary/aromatic N) is 2. The molecule has 1 atom stereocenters. The van der Waals surface area contributed by atoms with E-state index in [0.717, 1.165) is 10.9 Å². The Labute approximate surface area is 131 Å². The molecule has 0 saturated heterocycles. The molecule has 0 spiro atoms. The van der Waals surface area contributed by atoms with E-state index >= 15 is 0 Å². The van der Waals surface area contributed by atoms with Crippen molar-refractivity contribution < 1.29 is 4.79 Å². The molecule has 0 aliphatic carbocycles. The number of nitrogens with one attached hydrogen (secondary N) is 1. The van der Waals surface area contributed by atoms with Gasteiger partial charge in [0, 0.05) is 5.39 Å². The molecular weight excluding hydrogens is 298 g/mol. The maximum atomic E-state index is 12.2. The Bertz CT molecular complexity index is 854. The Morgan fingerprint density at radius 3 is 2.86 bits per heavy atom. The summed E-state index contributed by atoms with van der Waals surface area (Å²) in [6.07, 6.45) is 1.61. The van der Waals surface area contributed by atoms with Crippen LogP contribution < -0.4 is 10.9 Å². The first kappa shape index (κ1) is 14.5. The van der Waals surface area contributed by atoms with Crippen molar-refractivity contribution in [1.82, 2.24) is 15.1 Å². The summed E-state index contributed by atoms with van der Waals surface area (Å²) in [5.41, 5.74) is 0.792. The van der Waals surface area contributed by atoms with E-state index in [9.17, 15) is 9.59 Å². The first-order valence-electron chi connectivity index (χ1n) is 6.93. The van der Waals surface area contributed by atoms with Crippen molar-refractivity contribution in [2.75, 3.05) is 0 Å². The van der Waals surface area contributed by atoms with Gasteiger partial charge in [0.15, 0.2) is 0 Å². The van der Waals surface area contributed by atoms with Crippen LogP contribution >= 0.6 is 11.3 Å². The molecule has 1 amide bonds. The fourth-order valence-electron chi connectivity index (χ4n) is 2.26. The first-order chi connectivity index (χ1) is 10.6. The monoisotopic (exact) mass is 313 g/mol. The zero-order chi connectivity index (χ0) is 15.5. The number of amides is 1. The van der Waals surface area contributed by atoms with Crippen LogP contribution in [0.4, 0.5) is 0 Å². The second-order valence-corrected chi connectivity index (χ2v) is 5.93. The van der Waals surface area contributed by atoms with Crippen LogP contribution in [-0.2, 0) is 11.3 Å². The molecule has 0 bridgehead atoms. The Balaban J connectivity index is 1.73. The number of carbonyl (C=O) groups is 1. The Hall–Kier alpha value is -2.47. The minimum atomic E-state index is -0.234. The molecule has 0 aliphatic heterocycles. The van der Waals surface area contributed by atoms with E-state index in [1.54, 1.807) is 6.20 Å². The third-order valence-electron chi connectivity index (χ3n) is 3.43. The minimum absolute atomic E-state index is 0.0795. The standard InChI is InChI=1S/C16H15N3O2S/c1-11(12-5-3-2-4-6-12)18-14(20)10-19-16(21)15-13(9-17-19)7-8-22-15/h2-9,11H,10H2,1H3,(H,18,20)/t11-/m0/s1. The summed E-state index contributed by atoms with van der Waals surface area (Å²) in [5, 5.41) is 9.58. The van der Waals surface area contributed by atoms with E-state index in [-0.39, 0.29) is 24.1 Å². The highest BCUT2D eigenvalue weighted by Crippen LogP contribution is 2.14. The van der Waals surface area contributed by atoms with Crippen molar-refractivity contribution >= 4 is 27.3 Å². The molecular formula is C16H15N3O2S. The van der Waals surface area contributed by atoms with Gasteiger partial charge in [-0.05, 0) is 23.9 Å². The molecule has 2 heterocycles. The normalized spacial score (nSPS) is 12.2. The van der Waals surface area contributed by atoms with Crippen molar-refractivity contribution in [2.45, 2.75) is 19.5 Å². The van der Waals surface area contributed by atoms with Gasteiger partial charge in [-0.2, -0.15) is 5.10 Å². The molecule has 1 N–H and O–H groups in total. The van der Waals surface area contributed by atoms with Crippen LogP contribution in [0, 0.1) is 0 Å². The number of hydrogen-bond donors (Lipinski definition) is 1. The Kier molecular flexibility index (Phi) is 4.02. The molecule has 5 nitrogen and oxygen atoms in total. The van der Waals surface area contributed by atoms with Gasteiger partial charge >= 0.3 is 0 Å². The minimum Gasteiger partial charge on any atom is -0.348 e. The highest BCUT2D eigenvalue weighted by molar-refractivity contribution is 7.17. The van der Waals surface area contributed by atoms with Crippen molar-refractivity contribution in [3.05, 3.63) is 63.9 Å². The summed E-state index contributed by atoms with van der Waals surface area (Å²) in [7, 11) is 0. The number of carbonyl (C=O) groups excluding carboxylic acids is 1. The van der Waals surface area contributed by atoms with Gasteiger partial charge in [0.05, 0.1) is 12.2 Å². The van der Waals surface area contributed by atoms with Gasteiger partial charge in [0.1, 0.15) is 11.2 Å². The second kappa shape index (κ2) is 6.11. The topological polar surface area (TPSA) is 64.0 Å². The van der Waals surface area contributed by atoms with Gasteiger partial charge in [-0.3, -0.25) is 9.59 Å². The van der Waals surface area contributed by atoms with Crippen LogP contribution in [-0.4, -0.2) is 15.7 Å². The zero-order valence-electron chi connectivity index (χ0n) is 12.0. The van der Waals surface area contributed by atoms with Crippen molar-refractivity contribution in [3.8, 4) is 0 Å². The number of benzene rings is 1. The van der Waals surface area contributed by atoms with Gasteiger partial charge in [-0.1, -0.05) is 30.3 Å². The molecule has 0 saturated carbocycles. The molecule has 3 rings (SSSR count). The maximum absolute atomic E-state index is 12.2. The Morgan fingerprint density at radius 2 is 2.09 bits per heavy atom. The average Bonchev–Trinajstić information content (AvgIpc) is 3.00. The molecule has 6 heteroatoms. The van der Waals surface area contributed by atoms with Crippen LogP contribution in [0.5, 0.6) is 0 Å². The molecule has 0 radical (unpaired) electrons. The third-order valence-corrected chi connectivity index (χ3v) is 4.35. The van der Waals surface area contributed by atoms with Crippen LogP contribution in [0.1, 0.15) is 18.5 Å². The lowest BCUT2D eigenvalue weighted by Gasteiger charge is -2.14. The number of aromatic nitrogens is 2. The first-order valence-corrected chi connectivity index (χ1v) is 7.81. The summed E-state index contributed by atoms with van der Waals surface area (Å²) >= 11 is 1.36. The van der Waals surface area contributed by atoms with E-state index in [1.165, 1.54) is 16.0 Å². The van der Waals surface area contributed by atoms with Crippen LogP contribution in [0.25, 0.3) is 10.1 Å². The van der Waals surface area contributed by atoms with Crippen LogP contribution in [0.15, 0.2) is 52.8 Å². The maximum Gasteiger partial charge on any atom is 0.285 e. The summed E-state index contributed by atoms with van der Waals surface area (Å²) < 4.78 is 1.82. The fraction of sp³-hybridized carbons (Fsp3) is 0.188. The summed E-state index contributed by atoms with van der Waals surface area (Å²) in [4.78, 5) is 24.3. The molecule has 0 unspecified atom stereocenters. The number of rotatable bonds is 4. The third kappa shape index (κ3) is 2.92. The van der Waals surface area contributed by atoms with E-state index in [4.69, 9.17) is 0 Å². The predicted molar refractivity (Wildman–Crippen MR) is 86.9 cm³/mol. The number of hydrogen-bond acceptors (Lipinski definition) is 4. The van der Waals surface area contributed by atoms with Crippen molar-refractivity contribution in [2.24, 2.45) is 0 Å². The highest BCUT2D eigenvalue weighted by atomic mass is 32.1. The second-order valence-electron chi connectivity index (χ2n) is 5.01. The zero-order valence-corrected chi connectivity index (χ0v) is 12.8. The van der Waals surface area contributed by atoms with Gasteiger partial charge in [0.2, 0.25) is 5.91 Å². The molecule has 22 heavy (non-hydrogen) atoms. The smallest absolute Gasteiger partial charge is 0.285 e. The Morgan fingerprint density at radius 1 is 1.32 bits per heavy atom.